The number of hydrogen-bond donors (Lipinski definition) is 2. The molecule has 0 unspecified atom stereocenters. The van der Waals surface area contributed by atoms with Crippen LogP contribution in [0.1, 0.15) is 25.7 Å². The standard InChI is InChI=1S/C10H14Cl2N4O/c11-9-8(10(12)15-6-14-9)16-7(17)4-2-1-3-5-13/h6H,1-5,13H2,(H,16,17). The van der Waals surface area contributed by atoms with Gasteiger partial charge in [0.2, 0.25) is 5.91 Å². The van der Waals surface area contributed by atoms with Crippen LogP contribution in [0.3, 0.4) is 0 Å². The van der Waals surface area contributed by atoms with E-state index in [9.17, 15) is 4.79 Å². The number of nitrogens with one attached hydrogen (secondary N) is 1. The highest BCUT2D eigenvalue weighted by atomic mass is 35.5. The molecule has 1 rings (SSSR count). The minimum absolute atomic E-state index is 0.139. The second-order valence-electron chi connectivity index (χ2n) is 3.48. The van der Waals surface area contributed by atoms with E-state index in [0.29, 0.717) is 13.0 Å². The quantitative estimate of drug-likeness (QED) is 0.617. The summed E-state index contributed by atoms with van der Waals surface area (Å²) in [6.45, 7) is 0.645. The predicted octanol–water partition coefficient (Wildman–Crippen LogP) is 2.24. The first-order chi connectivity index (χ1) is 8.15. The zero-order valence-corrected chi connectivity index (χ0v) is 10.8. The summed E-state index contributed by atoms with van der Waals surface area (Å²) in [5, 5.41) is 2.87. The second kappa shape index (κ2) is 7.42. The molecule has 0 aliphatic rings. The molecule has 1 amide bonds. The molecule has 0 saturated heterocycles. The fraction of sp³-hybridized carbons (Fsp3) is 0.500. The highest BCUT2D eigenvalue weighted by Crippen LogP contribution is 2.25. The Balaban J connectivity index is 2.45. The molecule has 0 radical (unpaired) electrons. The molecule has 17 heavy (non-hydrogen) atoms. The summed E-state index contributed by atoms with van der Waals surface area (Å²) in [5.41, 5.74) is 5.62. The molecule has 0 atom stereocenters. The van der Waals surface area contributed by atoms with Gasteiger partial charge in [-0.25, -0.2) is 9.97 Å². The molecule has 0 aliphatic carbocycles. The van der Waals surface area contributed by atoms with E-state index in [1.807, 2.05) is 0 Å². The van der Waals surface area contributed by atoms with Gasteiger partial charge in [-0.3, -0.25) is 4.79 Å². The Morgan fingerprint density at radius 3 is 2.47 bits per heavy atom. The number of halogens is 2. The van der Waals surface area contributed by atoms with Crippen molar-refractivity contribution in [2.75, 3.05) is 11.9 Å². The topological polar surface area (TPSA) is 80.9 Å². The highest BCUT2D eigenvalue weighted by Gasteiger charge is 2.11. The molecule has 3 N–H and O–H groups in total. The molecule has 1 heterocycles. The number of unbranched alkanes of at least 4 members (excludes halogenated alkanes) is 2. The number of rotatable bonds is 6. The zero-order valence-electron chi connectivity index (χ0n) is 9.25. The van der Waals surface area contributed by atoms with Crippen molar-refractivity contribution >= 4 is 34.8 Å². The molecule has 0 fully saturated rings. The monoisotopic (exact) mass is 276 g/mol. The van der Waals surface area contributed by atoms with E-state index < -0.39 is 0 Å². The van der Waals surface area contributed by atoms with Crippen LogP contribution < -0.4 is 11.1 Å². The lowest BCUT2D eigenvalue weighted by molar-refractivity contribution is -0.116. The van der Waals surface area contributed by atoms with Crippen LogP contribution in [0.5, 0.6) is 0 Å². The number of nitrogens with two attached hydrogens (primary N) is 1. The summed E-state index contributed by atoms with van der Waals surface area (Å²) >= 11 is 11.6. The third-order valence-electron chi connectivity index (χ3n) is 2.13. The van der Waals surface area contributed by atoms with E-state index in [4.69, 9.17) is 28.9 Å². The van der Waals surface area contributed by atoms with Crippen LogP contribution in [0.2, 0.25) is 10.3 Å². The highest BCUT2D eigenvalue weighted by molar-refractivity contribution is 6.38. The summed E-state index contributed by atoms with van der Waals surface area (Å²) in [7, 11) is 0. The Hall–Kier alpha value is -0.910. The van der Waals surface area contributed by atoms with Crippen LogP contribution in [0.4, 0.5) is 5.69 Å². The lowest BCUT2D eigenvalue weighted by atomic mass is 10.2. The van der Waals surface area contributed by atoms with E-state index in [-0.39, 0.29) is 21.9 Å². The molecule has 5 nitrogen and oxygen atoms in total. The SMILES string of the molecule is NCCCCCC(=O)Nc1c(Cl)ncnc1Cl. The molecule has 0 bridgehead atoms. The van der Waals surface area contributed by atoms with E-state index in [1.165, 1.54) is 6.33 Å². The maximum absolute atomic E-state index is 11.6. The van der Waals surface area contributed by atoms with E-state index in [1.54, 1.807) is 0 Å². The van der Waals surface area contributed by atoms with Crippen molar-refractivity contribution < 1.29 is 4.79 Å². The number of hydrogen-bond acceptors (Lipinski definition) is 4. The number of carbonyl (C=O) groups is 1. The number of nitrogens with zero attached hydrogens (tertiary/aromatic N) is 2. The third kappa shape index (κ3) is 4.85. The van der Waals surface area contributed by atoms with E-state index in [2.05, 4.69) is 15.3 Å². The average molecular weight is 277 g/mol. The van der Waals surface area contributed by atoms with E-state index >= 15 is 0 Å². The van der Waals surface area contributed by atoms with Crippen molar-refractivity contribution in [1.29, 1.82) is 0 Å². The molecule has 0 aromatic carbocycles. The van der Waals surface area contributed by atoms with Gasteiger partial charge in [-0.1, -0.05) is 29.6 Å². The van der Waals surface area contributed by atoms with Gasteiger partial charge in [0.25, 0.3) is 0 Å². The third-order valence-corrected chi connectivity index (χ3v) is 2.70. The van der Waals surface area contributed by atoms with Gasteiger partial charge in [-0.2, -0.15) is 0 Å². The smallest absolute Gasteiger partial charge is 0.224 e. The van der Waals surface area contributed by atoms with Gasteiger partial charge in [-0.05, 0) is 19.4 Å². The van der Waals surface area contributed by atoms with Crippen LogP contribution in [0, 0.1) is 0 Å². The summed E-state index contributed by atoms with van der Waals surface area (Å²) in [4.78, 5) is 19.0. The van der Waals surface area contributed by atoms with Gasteiger partial charge in [0.1, 0.15) is 12.0 Å². The molecule has 94 valence electrons. The van der Waals surface area contributed by atoms with Crippen molar-refractivity contribution in [1.82, 2.24) is 9.97 Å². The van der Waals surface area contributed by atoms with E-state index in [0.717, 1.165) is 19.3 Å². The van der Waals surface area contributed by atoms with Crippen molar-refractivity contribution in [2.24, 2.45) is 5.73 Å². The van der Waals surface area contributed by atoms with Gasteiger partial charge in [0.05, 0.1) is 0 Å². The van der Waals surface area contributed by atoms with Crippen LogP contribution in [-0.2, 0) is 4.79 Å². The number of anilines is 1. The van der Waals surface area contributed by atoms with Crippen LogP contribution in [-0.4, -0.2) is 22.4 Å². The fourth-order valence-corrected chi connectivity index (χ4v) is 1.67. The zero-order chi connectivity index (χ0) is 12.7. The molecule has 1 aromatic heterocycles. The molecular weight excluding hydrogens is 263 g/mol. The Morgan fingerprint density at radius 1 is 1.24 bits per heavy atom. The first-order valence-corrected chi connectivity index (χ1v) is 6.06. The molecule has 7 heteroatoms. The maximum Gasteiger partial charge on any atom is 0.224 e. The van der Waals surface area contributed by atoms with Crippen LogP contribution >= 0.6 is 23.2 Å². The lowest BCUT2D eigenvalue weighted by Gasteiger charge is -2.07. The van der Waals surface area contributed by atoms with Gasteiger partial charge in [0, 0.05) is 6.42 Å². The summed E-state index contributed by atoms with van der Waals surface area (Å²) in [6.07, 6.45) is 4.27. The minimum atomic E-state index is -0.152. The Bertz CT molecular complexity index is 366. The van der Waals surface area contributed by atoms with Gasteiger partial charge >= 0.3 is 0 Å². The van der Waals surface area contributed by atoms with Crippen molar-refractivity contribution in [3.63, 3.8) is 0 Å². The predicted molar refractivity (Wildman–Crippen MR) is 68.2 cm³/mol. The average Bonchev–Trinajstić information content (AvgIpc) is 2.30. The van der Waals surface area contributed by atoms with Crippen molar-refractivity contribution in [3.05, 3.63) is 16.6 Å². The van der Waals surface area contributed by atoms with Crippen molar-refractivity contribution in [2.45, 2.75) is 25.7 Å². The Morgan fingerprint density at radius 2 is 1.88 bits per heavy atom. The van der Waals surface area contributed by atoms with Gasteiger partial charge < -0.3 is 11.1 Å². The van der Waals surface area contributed by atoms with Gasteiger partial charge in [0.15, 0.2) is 10.3 Å². The summed E-state index contributed by atoms with van der Waals surface area (Å²) in [6, 6.07) is 0. The largest absolute Gasteiger partial charge is 0.330 e. The molecular formula is C10H14Cl2N4O. The number of carbonyl (C=O) groups excluding carboxylic acids is 1. The molecule has 0 aliphatic heterocycles. The Kier molecular flexibility index (Phi) is 6.18. The Labute approximate surface area is 110 Å². The molecule has 0 saturated carbocycles. The summed E-state index contributed by atoms with van der Waals surface area (Å²) < 4.78 is 0. The minimum Gasteiger partial charge on any atom is -0.330 e. The number of amides is 1. The first-order valence-electron chi connectivity index (χ1n) is 5.31. The fourth-order valence-electron chi connectivity index (χ4n) is 1.26. The van der Waals surface area contributed by atoms with Crippen molar-refractivity contribution in [3.8, 4) is 0 Å². The number of aromatic nitrogens is 2. The summed E-state index contributed by atoms with van der Waals surface area (Å²) in [5.74, 6) is -0.152. The molecule has 1 aromatic rings. The second-order valence-corrected chi connectivity index (χ2v) is 4.19. The van der Waals surface area contributed by atoms with Crippen LogP contribution in [0.25, 0.3) is 0 Å². The lowest BCUT2D eigenvalue weighted by Crippen LogP contribution is -2.13. The normalized spacial score (nSPS) is 10.3. The van der Waals surface area contributed by atoms with Crippen LogP contribution in [0.15, 0.2) is 6.33 Å². The molecule has 0 spiro atoms. The van der Waals surface area contributed by atoms with Gasteiger partial charge in [-0.15, -0.1) is 0 Å². The maximum atomic E-state index is 11.6. The first kappa shape index (κ1) is 14.2.